The molecule has 0 spiro atoms. The number of likely N-dealkylation sites (tertiary alicyclic amines) is 1. The van der Waals surface area contributed by atoms with E-state index in [1.807, 2.05) is 52.4 Å². The van der Waals surface area contributed by atoms with Gasteiger partial charge >= 0.3 is 0 Å². The minimum absolute atomic E-state index is 0.0135. The van der Waals surface area contributed by atoms with Crippen LogP contribution in [0.3, 0.4) is 0 Å². The fourth-order valence-electron chi connectivity index (χ4n) is 5.14. The monoisotopic (exact) mass is 567 g/mol. The molecule has 0 N–H and O–H groups in total. The zero-order valence-corrected chi connectivity index (χ0v) is 24.2. The van der Waals surface area contributed by atoms with Crippen LogP contribution < -0.4 is 9.64 Å². The Labute approximate surface area is 238 Å². The van der Waals surface area contributed by atoms with E-state index in [0.717, 1.165) is 42.5 Å². The third-order valence-corrected chi connectivity index (χ3v) is 8.67. The van der Waals surface area contributed by atoms with Gasteiger partial charge in [0.15, 0.2) is 5.60 Å². The van der Waals surface area contributed by atoms with Gasteiger partial charge in [0.25, 0.3) is 11.8 Å². The zero-order chi connectivity index (χ0) is 27.6. The molecule has 2 fully saturated rings. The van der Waals surface area contributed by atoms with Crippen LogP contribution in [0.5, 0.6) is 5.75 Å². The Morgan fingerprint density at radius 2 is 1.67 bits per heavy atom. The highest BCUT2D eigenvalue weighted by Gasteiger charge is 2.37. The SMILES string of the molecule is Cc1cccc(N2CCN(C(=O)c3csc(C4CCN(C(=O)C(C)(C)Oc5ccccc5Cl)CC4)n3)CC2)n1. The number of carbonyl (C=O) groups excluding carboxylic acids is 2. The van der Waals surface area contributed by atoms with E-state index in [4.69, 9.17) is 21.3 Å². The first-order chi connectivity index (χ1) is 18.7. The molecule has 206 valence electrons. The second kappa shape index (κ2) is 11.5. The number of benzene rings is 1. The highest BCUT2D eigenvalue weighted by molar-refractivity contribution is 7.09. The van der Waals surface area contributed by atoms with Gasteiger partial charge in [0, 0.05) is 56.3 Å². The number of piperidine rings is 1. The third-order valence-electron chi connectivity index (χ3n) is 7.35. The molecule has 2 aliphatic heterocycles. The number of nitrogens with zero attached hydrogens (tertiary/aromatic N) is 5. The Balaban J connectivity index is 1.13. The summed E-state index contributed by atoms with van der Waals surface area (Å²) in [5, 5.41) is 3.33. The normalized spacial score (nSPS) is 16.9. The largest absolute Gasteiger partial charge is 0.476 e. The van der Waals surface area contributed by atoms with Crippen molar-refractivity contribution >= 4 is 40.6 Å². The summed E-state index contributed by atoms with van der Waals surface area (Å²) in [5.41, 5.74) is 0.480. The molecule has 2 aromatic heterocycles. The number of ether oxygens (including phenoxy) is 1. The maximum atomic E-state index is 13.3. The number of aryl methyl sites for hydroxylation is 1. The van der Waals surface area contributed by atoms with Crippen LogP contribution in [0.15, 0.2) is 47.8 Å². The van der Waals surface area contributed by atoms with Crippen molar-refractivity contribution in [1.29, 1.82) is 0 Å². The van der Waals surface area contributed by atoms with E-state index in [-0.39, 0.29) is 17.7 Å². The quantitative estimate of drug-likeness (QED) is 0.416. The second-order valence-corrected chi connectivity index (χ2v) is 11.9. The van der Waals surface area contributed by atoms with Crippen LogP contribution in [-0.4, -0.2) is 76.5 Å². The number of amides is 2. The maximum Gasteiger partial charge on any atom is 0.273 e. The molecule has 0 radical (unpaired) electrons. The molecule has 0 bridgehead atoms. The number of hydrogen-bond acceptors (Lipinski definition) is 7. The average molecular weight is 568 g/mol. The molecule has 0 unspecified atom stereocenters. The topological polar surface area (TPSA) is 78.9 Å². The lowest BCUT2D eigenvalue weighted by atomic mass is 9.96. The van der Waals surface area contributed by atoms with Gasteiger partial charge in [0.1, 0.15) is 17.3 Å². The Morgan fingerprint density at radius 1 is 0.949 bits per heavy atom. The van der Waals surface area contributed by atoms with Crippen LogP contribution >= 0.6 is 22.9 Å². The van der Waals surface area contributed by atoms with E-state index in [9.17, 15) is 9.59 Å². The summed E-state index contributed by atoms with van der Waals surface area (Å²) in [6, 6.07) is 13.2. The molecule has 0 saturated carbocycles. The Morgan fingerprint density at radius 3 is 2.36 bits per heavy atom. The molecule has 0 atom stereocenters. The lowest BCUT2D eigenvalue weighted by molar-refractivity contribution is -0.146. The minimum atomic E-state index is -1.03. The smallest absolute Gasteiger partial charge is 0.273 e. The Bertz CT molecular complexity index is 1330. The highest BCUT2D eigenvalue weighted by atomic mass is 35.5. The first-order valence-corrected chi connectivity index (χ1v) is 14.6. The lowest BCUT2D eigenvalue weighted by Gasteiger charge is -2.36. The van der Waals surface area contributed by atoms with Gasteiger partial charge in [-0.25, -0.2) is 9.97 Å². The van der Waals surface area contributed by atoms with E-state index in [1.54, 1.807) is 37.3 Å². The van der Waals surface area contributed by atoms with Crippen molar-refractivity contribution in [3.05, 3.63) is 69.3 Å². The molecule has 5 rings (SSSR count). The molecule has 2 aliphatic rings. The van der Waals surface area contributed by atoms with Gasteiger partial charge in [0.05, 0.1) is 10.0 Å². The molecular formula is C29H34ClN5O3S. The fraction of sp³-hybridized carbons (Fsp3) is 0.448. The summed E-state index contributed by atoms with van der Waals surface area (Å²) in [4.78, 5) is 41.8. The summed E-state index contributed by atoms with van der Waals surface area (Å²) >= 11 is 7.78. The van der Waals surface area contributed by atoms with Crippen molar-refractivity contribution in [1.82, 2.24) is 19.8 Å². The molecule has 2 amide bonds. The van der Waals surface area contributed by atoms with Gasteiger partial charge in [-0.05, 0) is 57.9 Å². The summed E-state index contributed by atoms with van der Waals surface area (Å²) in [7, 11) is 0. The molecule has 10 heteroatoms. The van der Waals surface area contributed by atoms with Gasteiger partial charge in [0.2, 0.25) is 0 Å². The molecule has 3 aromatic rings. The highest BCUT2D eigenvalue weighted by Crippen LogP contribution is 2.33. The van der Waals surface area contributed by atoms with Crippen molar-refractivity contribution in [2.45, 2.75) is 45.1 Å². The second-order valence-electron chi connectivity index (χ2n) is 10.6. The van der Waals surface area contributed by atoms with Crippen molar-refractivity contribution in [3.8, 4) is 5.75 Å². The van der Waals surface area contributed by atoms with Crippen LogP contribution in [0.1, 0.15) is 53.8 Å². The third kappa shape index (κ3) is 6.20. The number of carbonyl (C=O) groups is 2. The van der Waals surface area contributed by atoms with Gasteiger partial charge in [-0.2, -0.15) is 0 Å². The Hall–Kier alpha value is -3.17. The number of rotatable bonds is 6. The summed E-state index contributed by atoms with van der Waals surface area (Å²) in [6.07, 6.45) is 1.61. The minimum Gasteiger partial charge on any atom is -0.476 e. The van der Waals surface area contributed by atoms with Crippen LogP contribution in [0.4, 0.5) is 5.82 Å². The summed E-state index contributed by atoms with van der Waals surface area (Å²) in [5.74, 6) is 1.62. The number of thiazole rings is 1. The van der Waals surface area contributed by atoms with Crippen LogP contribution in [0.2, 0.25) is 5.02 Å². The summed E-state index contributed by atoms with van der Waals surface area (Å²) in [6.45, 7) is 9.59. The zero-order valence-electron chi connectivity index (χ0n) is 22.6. The molecule has 39 heavy (non-hydrogen) atoms. The van der Waals surface area contributed by atoms with Crippen LogP contribution in [0, 0.1) is 6.92 Å². The lowest BCUT2D eigenvalue weighted by Crippen LogP contribution is -2.51. The number of pyridine rings is 1. The van der Waals surface area contributed by atoms with E-state index >= 15 is 0 Å². The molecule has 8 nitrogen and oxygen atoms in total. The van der Waals surface area contributed by atoms with E-state index in [1.165, 1.54) is 0 Å². The average Bonchev–Trinajstić information content (AvgIpc) is 3.44. The number of halogens is 1. The van der Waals surface area contributed by atoms with E-state index in [2.05, 4.69) is 9.88 Å². The van der Waals surface area contributed by atoms with Crippen LogP contribution in [-0.2, 0) is 4.79 Å². The number of anilines is 1. The van der Waals surface area contributed by atoms with Gasteiger partial charge in [-0.15, -0.1) is 11.3 Å². The first-order valence-electron chi connectivity index (χ1n) is 13.4. The van der Waals surface area contributed by atoms with Crippen LogP contribution in [0.25, 0.3) is 0 Å². The van der Waals surface area contributed by atoms with Crippen molar-refractivity contribution < 1.29 is 14.3 Å². The number of hydrogen-bond donors (Lipinski definition) is 0. The van der Waals surface area contributed by atoms with Gasteiger partial charge in [-0.1, -0.05) is 29.8 Å². The molecule has 4 heterocycles. The van der Waals surface area contributed by atoms with Crippen molar-refractivity contribution in [3.63, 3.8) is 0 Å². The fourth-order valence-corrected chi connectivity index (χ4v) is 6.27. The first kappa shape index (κ1) is 27.4. The maximum absolute atomic E-state index is 13.3. The molecule has 0 aliphatic carbocycles. The van der Waals surface area contributed by atoms with Gasteiger partial charge in [-0.3, -0.25) is 9.59 Å². The number of aromatic nitrogens is 2. The standard InChI is InChI=1S/C29H34ClN5O3S/c1-20-7-6-10-25(31-20)33-15-17-34(18-16-33)27(36)23-19-39-26(32-23)21-11-13-35(14-12-21)28(37)29(2,3)38-24-9-5-4-8-22(24)30/h4-10,19,21H,11-18H2,1-3H3. The molecular weight excluding hydrogens is 534 g/mol. The van der Waals surface area contributed by atoms with E-state index in [0.29, 0.717) is 42.6 Å². The number of para-hydroxylation sites is 1. The van der Waals surface area contributed by atoms with Crippen molar-refractivity contribution in [2.24, 2.45) is 0 Å². The molecule has 2 saturated heterocycles. The van der Waals surface area contributed by atoms with Gasteiger partial charge < -0.3 is 19.4 Å². The van der Waals surface area contributed by atoms with Crippen molar-refractivity contribution in [2.75, 3.05) is 44.2 Å². The molecule has 1 aromatic carbocycles. The predicted molar refractivity (Wildman–Crippen MR) is 154 cm³/mol. The van der Waals surface area contributed by atoms with E-state index < -0.39 is 5.60 Å². The summed E-state index contributed by atoms with van der Waals surface area (Å²) < 4.78 is 6.00. The Kier molecular flexibility index (Phi) is 8.09. The predicted octanol–water partition coefficient (Wildman–Crippen LogP) is 5.03. The number of piperazine rings is 1.